The maximum atomic E-state index is 11.3. The summed E-state index contributed by atoms with van der Waals surface area (Å²) in [5.74, 6) is 0.137. The highest BCUT2D eigenvalue weighted by Crippen LogP contribution is 2.01. The second kappa shape index (κ2) is 6.89. The Bertz CT molecular complexity index is 339. The van der Waals surface area contributed by atoms with E-state index in [1.807, 2.05) is 0 Å². The van der Waals surface area contributed by atoms with E-state index in [2.05, 4.69) is 15.0 Å². The lowest BCUT2D eigenvalue weighted by Crippen LogP contribution is -2.26. The standard InChI is InChI=1S/C9H12N2O4S/c12-8(13)2-5-16-6-3-10-9(14)7-1-4-15-11-7/h1,4H,2-3,5-6H2,(H,10,14)(H,12,13). The molecule has 16 heavy (non-hydrogen) atoms. The van der Waals surface area contributed by atoms with Gasteiger partial charge in [0.05, 0.1) is 6.42 Å². The van der Waals surface area contributed by atoms with E-state index in [9.17, 15) is 9.59 Å². The highest BCUT2D eigenvalue weighted by molar-refractivity contribution is 7.99. The average Bonchev–Trinajstić information content (AvgIpc) is 2.75. The number of nitrogens with one attached hydrogen (secondary N) is 1. The van der Waals surface area contributed by atoms with Gasteiger partial charge in [-0.1, -0.05) is 5.16 Å². The number of carboxylic acid groups (broad SMARTS) is 1. The summed E-state index contributed by atoms with van der Waals surface area (Å²) in [6.07, 6.45) is 1.47. The molecule has 7 heteroatoms. The molecule has 6 nitrogen and oxygen atoms in total. The lowest BCUT2D eigenvalue weighted by molar-refractivity contribution is -0.136. The summed E-state index contributed by atoms with van der Waals surface area (Å²) < 4.78 is 4.53. The first-order valence-electron chi connectivity index (χ1n) is 4.68. The van der Waals surface area contributed by atoms with Gasteiger partial charge in [0, 0.05) is 24.1 Å². The number of carbonyl (C=O) groups excluding carboxylic acids is 1. The van der Waals surface area contributed by atoms with Crippen LogP contribution in [0.25, 0.3) is 0 Å². The van der Waals surface area contributed by atoms with Crippen molar-refractivity contribution < 1.29 is 19.2 Å². The lowest BCUT2D eigenvalue weighted by atomic mass is 10.4. The van der Waals surface area contributed by atoms with Crippen molar-refractivity contribution in [2.45, 2.75) is 6.42 Å². The average molecular weight is 244 g/mol. The Hall–Kier alpha value is -1.50. The smallest absolute Gasteiger partial charge is 0.304 e. The minimum absolute atomic E-state index is 0.141. The zero-order valence-corrected chi connectivity index (χ0v) is 9.33. The van der Waals surface area contributed by atoms with Crippen molar-refractivity contribution in [3.63, 3.8) is 0 Å². The van der Waals surface area contributed by atoms with E-state index in [0.717, 1.165) is 0 Å². The highest BCUT2D eigenvalue weighted by Gasteiger charge is 2.07. The number of carboxylic acids is 1. The molecule has 0 saturated heterocycles. The summed E-state index contributed by atoms with van der Waals surface area (Å²) in [4.78, 5) is 21.5. The van der Waals surface area contributed by atoms with E-state index in [1.165, 1.54) is 24.1 Å². The molecule has 2 N–H and O–H groups in total. The number of rotatable bonds is 7. The molecule has 0 aliphatic carbocycles. The molecule has 0 unspecified atom stereocenters. The van der Waals surface area contributed by atoms with Crippen LogP contribution in [0.5, 0.6) is 0 Å². The van der Waals surface area contributed by atoms with E-state index >= 15 is 0 Å². The number of nitrogens with zero attached hydrogens (tertiary/aromatic N) is 1. The number of carbonyl (C=O) groups is 2. The SMILES string of the molecule is O=C(O)CCSCCNC(=O)c1ccon1. The zero-order valence-electron chi connectivity index (χ0n) is 8.51. The number of amides is 1. The molecule has 0 aromatic carbocycles. The van der Waals surface area contributed by atoms with Crippen LogP contribution in [0.1, 0.15) is 16.9 Å². The normalized spacial score (nSPS) is 10.0. The van der Waals surface area contributed by atoms with E-state index in [1.54, 1.807) is 0 Å². The van der Waals surface area contributed by atoms with Crippen molar-refractivity contribution in [2.24, 2.45) is 0 Å². The molecule has 1 heterocycles. The summed E-state index contributed by atoms with van der Waals surface area (Å²) in [7, 11) is 0. The largest absolute Gasteiger partial charge is 0.481 e. The minimum Gasteiger partial charge on any atom is -0.481 e. The molecular formula is C9H12N2O4S. The van der Waals surface area contributed by atoms with Crippen LogP contribution in [0, 0.1) is 0 Å². The van der Waals surface area contributed by atoms with Crippen molar-refractivity contribution >= 4 is 23.6 Å². The molecule has 0 aliphatic rings. The van der Waals surface area contributed by atoms with Crippen LogP contribution in [-0.2, 0) is 4.79 Å². The number of aromatic nitrogens is 1. The second-order valence-corrected chi connectivity index (χ2v) is 4.12. The van der Waals surface area contributed by atoms with Crippen molar-refractivity contribution in [1.82, 2.24) is 10.5 Å². The van der Waals surface area contributed by atoms with Crippen LogP contribution in [-0.4, -0.2) is 40.2 Å². The number of hydrogen-bond acceptors (Lipinski definition) is 5. The van der Waals surface area contributed by atoms with Crippen LogP contribution in [0.3, 0.4) is 0 Å². The Kier molecular flexibility index (Phi) is 5.41. The van der Waals surface area contributed by atoms with Crippen LogP contribution in [0.2, 0.25) is 0 Å². The van der Waals surface area contributed by atoms with Crippen LogP contribution in [0.15, 0.2) is 16.9 Å². The molecule has 0 radical (unpaired) electrons. The Morgan fingerprint density at radius 3 is 2.94 bits per heavy atom. The molecule has 1 aromatic rings. The third-order valence-corrected chi connectivity index (χ3v) is 2.65. The maximum absolute atomic E-state index is 11.3. The summed E-state index contributed by atoms with van der Waals surface area (Å²) in [6.45, 7) is 0.482. The molecule has 0 fully saturated rings. The van der Waals surface area contributed by atoms with E-state index in [4.69, 9.17) is 5.11 Å². The van der Waals surface area contributed by atoms with Gasteiger partial charge in [-0.05, 0) is 0 Å². The Morgan fingerprint density at radius 2 is 2.31 bits per heavy atom. The molecule has 0 spiro atoms. The van der Waals surface area contributed by atoms with Gasteiger partial charge in [0.1, 0.15) is 6.26 Å². The van der Waals surface area contributed by atoms with Crippen LogP contribution >= 0.6 is 11.8 Å². The monoisotopic (exact) mass is 244 g/mol. The third-order valence-electron chi connectivity index (χ3n) is 1.66. The summed E-state index contributed by atoms with van der Waals surface area (Å²) >= 11 is 1.48. The molecule has 0 saturated carbocycles. The van der Waals surface area contributed by atoms with Crippen molar-refractivity contribution in [3.8, 4) is 0 Å². The fourth-order valence-corrected chi connectivity index (χ4v) is 1.69. The molecule has 88 valence electrons. The predicted octanol–water partition coefficient (Wildman–Crippen LogP) is 0.612. The van der Waals surface area contributed by atoms with Gasteiger partial charge in [-0.3, -0.25) is 9.59 Å². The van der Waals surface area contributed by atoms with Gasteiger partial charge in [-0.15, -0.1) is 0 Å². The zero-order chi connectivity index (χ0) is 11.8. The van der Waals surface area contributed by atoms with E-state index in [0.29, 0.717) is 18.1 Å². The molecular weight excluding hydrogens is 232 g/mol. The fourth-order valence-electron chi connectivity index (χ4n) is 0.918. The number of thioether (sulfide) groups is 1. The topological polar surface area (TPSA) is 92.4 Å². The minimum atomic E-state index is -0.806. The van der Waals surface area contributed by atoms with Gasteiger partial charge < -0.3 is 14.9 Å². The molecule has 0 bridgehead atoms. The van der Waals surface area contributed by atoms with Gasteiger partial charge in [0.2, 0.25) is 0 Å². The summed E-state index contributed by atoms with van der Waals surface area (Å²) in [5.41, 5.74) is 0.246. The maximum Gasteiger partial charge on any atom is 0.304 e. The molecule has 1 amide bonds. The first-order chi connectivity index (χ1) is 7.70. The number of aliphatic carboxylic acids is 1. The molecule has 0 aliphatic heterocycles. The van der Waals surface area contributed by atoms with Crippen molar-refractivity contribution in [3.05, 3.63) is 18.0 Å². The highest BCUT2D eigenvalue weighted by atomic mass is 32.2. The van der Waals surface area contributed by atoms with Gasteiger partial charge in [-0.2, -0.15) is 11.8 Å². The van der Waals surface area contributed by atoms with Gasteiger partial charge in [0.15, 0.2) is 5.69 Å². The third kappa shape index (κ3) is 4.83. The predicted molar refractivity (Wildman–Crippen MR) is 58.4 cm³/mol. The van der Waals surface area contributed by atoms with Crippen molar-refractivity contribution in [1.29, 1.82) is 0 Å². The van der Waals surface area contributed by atoms with Crippen LogP contribution in [0.4, 0.5) is 0 Å². The quantitative estimate of drug-likeness (QED) is 0.683. The molecule has 1 aromatic heterocycles. The Morgan fingerprint density at radius 1 is 1.50 bits per heavy atom. The Balaban J connectivity index is 2.03. The fraction of sp³-hybridized carbons (Fsp3) is 0.444. The summed E-state index contributed by atoms with van der Waals surface area (Å²) in [5, 5.41) is 14.5. The molecule has 1 rings (SSSR count). The van der Waals surface area contributed by atoms with E-state index < -0.39 is 5.97 Å². The molecule has 0 atom stereocenters. The number of hydrogen-bond donors (Lipinski definition) is 2. The van der Waals surface area contributed by atoms with Gasteiger partial charge in [-0.25, -0.2) is 0 Å². The van der Waals surface area contributed by atoms with Gasteiger partial charge >= 0.3 is 5.97 Å². The van der Waals surface area contributed by atoms with Crippen molar-refractivity contribution in [2.75, 3.05) is 18.1 Å². The second-order valence-electron chi connectivity index (χ2n) is 2.90. The van der Waals surface area contributed by atoms with Gasteiger partial charge in [0.25, 0.3) is 5.91 Å². The van der Waals surface area contributed by atoms with E-state index in [-0.39, 0.29) is 18.0 Å². The Labute approximate surface area is 96.4 Å². The lowest BCUT2D eigenvalue weighted by Gasteiger charge is -2.01. The first-order valence-corrected chi connectivity index (χ1v) is 5.83. The summed E-state index contributed by atoms with van der Waals surface area (Å²) in [6, 6.07) is 1.48. The van der Waals surface area contributed by atoms with Crippen LogP contribution < -0.4 is 5.32 Å². The first kappa shape index (κ1) is 12.6.